The standard InChI is InChI=1S/C12H12BrNO/c1-8-3-9(2)5-10(4-8)12-6-11(7-13)14-15-12/h3-6H,7H2,1-2H3. The molecule has 0 fully saturated rings. The van der Waals surface area contributed by atoms with E-state index in [1.54, 1.807) is 0 Å². The van der Waals surface area contributed by atoms with E-state index in [2.05, 4.69) is 53.1 Å². The molecule has 0 atom stereocenters. The molecule has 0 saturated carbocycles. The van der Waals surface area contributed by atoms with Crippen molar-refractivity contribution in [3.05, 3.63) is 41.1 Å². The first-order valence-electron chi connectivity index (χ1n) is 4.79. The molecule has 0 N–H and O–H groups in total. The van der Waals surface area contributed by atoms with Crippen LogP contribution in [0.1, 0.15) is 16.8 Å². The summed E-state index contributed by atoms with van der Waals surface area (Å²) >= 11 is 3.35. The number of halogens is 1. The number of aryl methyl sites for hydroxylation is 2. The van der Waals surface area contributed by atoms with Crippen molar-refractivity contribution in [3.8, 4) is 11.3 Å². The minimum absolute atomic E-state index is 0.724. The third-order valence-electron chi connectivity index (χ3n) is 2.20. The zero-order valence-electron chi connectivity index (χ0n) is 8.75. The summed E-state index contributed by atoms with van der Waals surface area (Å²) in [7, 11) is 0. The average Bonchev–Trinajstić information content (AvgIpc) is 2.64. The molecule has 2 rings (SSSR count). The van der Waals surface area contributed by atoms with Gasteiger partial charge in [0.25, 0.3) is 0 Å². The number of rotatable bonds is 2. The van der Waals surface area contributed by atoms with Crippen LogP contribution in [-0.2, 0) is 5.33 Å². The van der Waals surface area contributed by atoms with Crippen LogP contribution in [0.3, 0.4) is 0 Å². The van der Waals surface area contributed by atoms with Crippen molar-refractivity contribution < 1.29 is 4.52 Å². The molecular formula is C12H12BrNO. The molecule has 15 heavy (non-hydrogen) atoms. The Hall–Kier alpha value is -1.09. The van der Waals surface area contributed by atoms with Crippen LogP contribution in [0, 0.1) is 13.8 Å². The van der Waals surface area contributed by atoms with E-state index in [-0.39, 0.29) is 0 Å². The molecule has 2 nitrogen and oxygen atoms in total. The van der Waals surface area contributed by atoms with Crippen LogP contribution in [-0.4, -0.2) is 5.16 Å². The van der Waals surface area contributed by atoms with Gasteiger partial charge in [-0.25, -0.2) is 0 Å². The largest absolute Gasteiger partial charge is 0.356 e. The summed E-state index contributed by atoms with van der Waals surface area (Å²) in [6.45, 7) is 4.16. The molecule has 0 amide bonds. The number of hydrogen-bond acceptors (Lipinski definition) is 2. The Bertz CT molecular complexity index is 456. The van der Waals surface area contributed by atoms with Gasteiger partial charge in [-0.1, -0.05) is 38.3 Å². The average molecular weight is 266 g/mol. The predicted octanol–water partition coefficient (Wildman–Crippen LogP) is 3.85. The van der Waals surface area contributed by atoms with Gasteiger partial charge >= 0.3 is 0 Å². The molecule has 0 spiro atoms. The fourth-order valence-corrected chi connectivity index (χ4v) is 1.89. The SMILES string of the molecule is Cc1cc(C)cc(-c2cc(CBr)no2)c1. The Morgan fingerprint density at radius 3 is 2.33 bits per heavy atom. The van der Waals surface area contributed by atoms with Crippen LogP contribution in [0.15, 0.2) is 28.8 Å². The van der Waals surface area contributed by atoms with Gasteiger partial charge in [-0.2, -0.15) is 0 Å². The maximum atomic E-state index is 5.27. The first-order chi connectivity index (χ1) is 7.19. The molecule has 0 bridgehead atoms. The molecular weight excluding hydrogens is 254 g/mol. The minimum atomic E-state index is 0.724. The van der Waals surface area contributed by atoms with Crippen molar-refractivity contribution in [1.29, 1.82) is 0 Å². The smallest absolute Gasteiger partial charge is 0.167 e. The summed E-state index contributed by atoms with van der Waals surface area (Å²) in [6, 6.07) is 8.31. The minimum Gasteiger partial charge on any atom is -0.356 e. The van der Waals surface area contributed by atoms with Gasteiger partial charge in [0.05, 0.1) is 5.69 Å². The Kier molecular flexibility index (Phi) is 2.91. The molecule has 1 aromatic carbocycles. The van der Waals surface area contributed by atoms with Crippen molar-refractivity contribution in [2.45, 2.75) is 19.2 Å². The normalized spacial score (nSPS) is 10.6. The third-order valence-corrected chi connectivity index (χ3v) is 2.78. The fraction of sp³-hybridized carbons (Fsp3) is 0.250. The molecule has 78 valence electrons. The first kappa shape index (κ1) is 10.4. The number of alkyl halides is 1. The highest BCUT2D eigenvalue weighted by Crippen LogP contribution is 2.23. The van der Waals surface area contributed by atoms with Gasteiger partial charge < -0.3 is 4.52 Å². The first-order valence-corrected chi connectivity index (χ1v) is 5.91. The van der Waals surface area contributed by atoms with Gasteiger partial charge in [-0.05, 0) is 26.0 Å². The van der Waals surface area contributed by atoms with Crippen LogP contribution >= 0.6 is 15.9 Å². The second-order valence-electron chi connectivity index (χ2n) is 3.69. The second-order valence-corrected chi connectivity index (χ2v) is 4.25. The van der Waals surface area contributed by atoms with Gasteiger partial charge in [-0.15, -0.1) is 0 Å². The fourth-order valence-electron chi connectivity index (χ4n) is 1.63. The Morgan fingerprint density at radius 1 is 1.13 bits per heavy atom. The number of benzene rings is 1. The van der Waals surface area contributed by atoms with Crippen LogP contribution in [0.25, 0.3) is 11.3 Å². The maximum absolute atomic E-state index is 5.27. The quantitative estimate of drug-likeness (QED) is 0.771. The summed E-state index contributed by atoms with van der Waals surface area (Å²) in [6.07, 6.45) is 0. The van der Waals surface area contributed by atoms with Crippen LogP contribution < -0.4 is 0 Å². The lowest BCUT2D eigenvalue weighted by Crippen LogP contribution is -1.80. The third kappa shape index (κ3) is 2.29. The van der Waals surface area contributed by atoms with Crippen molar-refractivity contribution >= 4 is 15.9 Å². The predicted molar refractivity (Wildman–Crippen MR) is 64.0 cm³/mol. The van der Waals surface area contributed by atoms with E-state index in [1.807, 2.05) is 6.07 Å². The molecule has 0 unspecified atom stereocenters. The van der Waals surface area contributed by atoms with Gasteiger partial charge in [0, 0.05) is 17.0 Å². The molecule has 0 aliphatic carbocycles. The van der Waals surface area contributed by atoms with Crippen LogP contribution in [0.2, 0.25) is 0 Å². The van der Waals surface area contributed by atoms with E-state index in [1.165, 1.54) is 11.1 Å². The molecule has 0 radical (unpaired) electrons. The second kappa shape index (κ2) is 4.19. The number of hydrogen-bond donors (Lipinski definition) is 0. The Labute approximate surface area is 97.4 Å². The highest BCUT2D eigenvalue weighted by molar-refractivity contribution is 9.08. The van der Waals surface area contributed by atoms with Crippen molar-refractivity contribution in [1.82, 2.24) is 5.16 Å². The van der Waals surface area contributed by atoms with Crippen molar-refractivity contribution in [3.63, 3.8) is 0 Å². The van der Waals surface area contributed by atoms with E-state index >= 15 is 0 Å². The molecule has 2 aromatic rings. The van der Waals surface area contributed by atoms with Crippen LogP contribution in [0.4, 0.5) is 0 Å². The molecule has 1 aromatic heterocycles. The van der Waals surface area contributed by atoms with Gasteiger partial charge in [0.15, 0.2) is 5.76 Å². The molecule has 3 heteroatoms. The van der Waals surface area contributed by atoms with E-state index < -0.39 is 0 Å². The van der Waals surface area contributed by atoms with Gasteiger partial charge in [0.1, 0.15) is 0 Å². The monoisotopic (exact) mass is 265 g/mol. The molecule has 0 aliphatic rings. The zero-order valence-corrected chi connectivity index (χ0v) is 10.3. The summed E-state index contributed by atoms with van der Waals surface area (Å²) in [4.78, 5) is 0. The van der Waals surface area contributed by atoms with E-state index in [0.717, 1.165) is 22.3 Å². The highest BCUT2D eigenvalue weighted by atomic mass is 79.9. The Balaban J connectivity index is 2.44. The van der Waals surface area contributed by atoms with Gasteiger partial charge in [-0.3, -0.25) is 0 Å². The number of nitrogens with zero attached hydrogens (tertiary/aromatic N) is 1. The maximum Gasteiger partial charge on any atom is 0.167 e. The molecule has 0 aliphatic heterocycles. The van der Waals surface area contributed by atoms with Gasteiger partial charge in [0.2, 0.25) is 0 Å². The lowest BCUT2D eigenvalue weighted by atomic mass is 10.1. The van der Waals surface area contributed by atoms with E-state index in [4.69, 9.17) is 4.52 Å². The zero-order chi connectivity index (χ0) is 10.8. The van der Waals surface area contributed by atoms with E-state index in [9.17, 15) is 0 Å². The summed E-state index contributed by atoms with van der Waals surface area (Å²) < 4.78 is 5.27. The van der Waals surface area contributed by atoms with E-state index in [0.29, 0.717) is 0 Å². The topological polar surface area (TPSA) is 26.0 Å². The van der Waals surface area contributed by atoms with Crippen molar-refractivity contribution in [2.24, 2.45) is 0 Å². The Morgan fingerprint density at radius 2 is 1.80 bits per heavy atom. The molecule has 0 saturated heterocycles. The van der Waals surface area contributed by atoms with Crippen LogP contribution in [0.5, 0.6) is 0 Å². The summed E-state index contributed by atoms with van der Waals surface area (Å²) in [5.41, 5.74) is 4.49. The highest BCUT2D eigenvalue weighted by Gasteiger charge is 2.06. The lowest BCUT2D eigenvalue weighted by Gasteiger charge is -2.00. The lowest BCUT2D eigenvalue weighted by molar-refractivity contribution is 0.426. The van der Waals surface area contributed by atoms with Crippen molar-refractivity contribution in [2.75, 3.05) is 0 Å². The molecule has 1 heterocycles. The number of aromatic nitrogens is 1. The summed E-state index contributed by atoms with van der Waals surface area (Å²) in [5, 5.41) is 4.67. The summed E-state index contributed by atoms with van der Waals surface area (Å²) in [5.74, 6) is 0.830.